The fraction of sp³-hybridized carbons (Fsp3) is 1.00. The van der Waals surface area contributed by atoms with Crippen LogP contribution in [0.5, 0.6) is 0 Å². The predicted octanol–water partition coefficient (Wildman–Crippen LogP) is 2.74. The van der Waals surface area contributed by atoms with Crippen molar-refractivity contribution in [3.63, 3.8) is 0 Å². The van der Waals surface area contributed by atoms with Gasteiger partial charge in [0.05, 0.1) is 6.10 Å². The van der Waals surface area contributed by atoms with Gasteiger partial charge >= 0.3 is 0 Å². The molecule has 1 N–H and O–H groups in total. The van der Waals surface area contributed by atoms with Crippen molar-refractivity contribution in [3.8, 4) is 0 Å². The Morgan fingerprint density at radius 2 is 2.00 bits per heavy atom. The Morgan fingerprint density at radius 3 is 2.67 bits per heavy atom. The van der Waals surface area contributed by atoms with Crippen LogP contribution in [0, 0.1) is 5.92 Å². The smallest absolute Gasteiger partial charge is 0.0576 e. The van der Waals surface area contributed by atoms with Crippen LogP contribution in [0.4, 0.5) is 0 Å². The lowest BCUT2D eigenvalue weighted by molar-refractivity contribution is 0.0510. The van der Waals surface area contributed by atoms with Gasteiger partial charge in [-0.1, -0.05) is 6.92 Å². The zero-order valence-corrected chi connectivity index (χ0v) is 11.8. The molecule has 3 nitrogen and oxygen atoms in total. The number of rotatable bonds is 7. The van der Waals surface area contributed by atoms with Gasteiger partial charge < -0.3 is 14.8 Å². The number of hydrogen-bond donors (Lipinski definition) is 1. The SMILES string of the molecule is CCNC(CCCC1CCCO1)C1CCOCC1. The highest BCUT2D eigenvalue weighted by molar-refractivity contribution is 4.79. The largest absolute Gasteiger partial charge is 0.381 e. The van der Waals surface area contributed by atoms with Crippen molar-refractivity contribution in [2.45, 2.75) is 64.0 Å². The van der Waals surface area contributed by atoms with E-state index < -0.39 is 0 Å². The van der Waals surface area contributed by atoms with Crippen LogP contribution >= 0.6 is 0 Å². The van der Waals surface area contributed by atoms with E-state index in [0.29, 0.717) is 12.1 Å². The first-order valence-corrected chi connectivity index (χ1v) is 7.83. The van der Waals surface area contributed by atoms with Gasteiger partial charge in [-0.25, -0.2) is 0 Å². The third kappa shape index (κ3) is 4.52. The van der Waals surface area contributed by atoms with Gasteiger partial charge in [-0.05, 0) is 57.4 Å². The van der Waals surface area contributed by atoms with Crippen molar-refractivity contribution in [1.29, 1.82) is 0 Å². The molecule has 18 heavy (non-hydrogen) atoms. The van der Waals surface area contributed by atoms with Crippen molar-refractivity contribution in [2.24, 2.45) is 5.92 Å². The Labute approximate surface area is 112 Å². The van der Waals surface area contributed by atoms with E-state index in [9.17, 15) is 0 Å². The minimum absolute atomic E-state index is 0.557. The molecule has 0 bridgehead atoms. The van der Waals surface area contributed by atoms with Gasteiger partial charge in [-0.2, -0.15) is 0 Å². The van der Waals surface area contributed by atoms with Gasteiger partial charge in [-0.15, -0.1) is 0 Å². The summed E-state index contributed by atoms with van der Waals surface area (Å²) in [5.74, 6) is 0.822. The van der Waals surface area contributed by atoms with Crippen LogP contribution in [0.2, 0.25) is 0 Å². The van der Waals surface area contributed by atoms with Gasteiger partial charge in [-0.3, -0.25) is 0 Å². The fourth-order valence-electron chi connectivity index (χ4n) is 3.32. The quantitative estimate of drug-likeness (QED) is 0.759. The van der Waals surface area contributed by atoms with Crippen LogP contribution in [-0.4, -0.2) is 38.5 Å². The first kappa shape index (κ1) is 14.3. The van der Waals surface area contributed by atoms with E-state index in [4.69, 9.17) is 9.47 Å². The minimum atomic E-state index is 0.557. The Hall–Kier alpha value is -0.120. The highest BCUT2D eigenvalue weighted by atomic mass is 16.5. The van der Waals surface area contributed by atoms with E-state index in [1.165, 1.54) is 44.9 Å². The zero-order chi connectivity index (χ0) is 12.6. The molecule has 3 heteroatoms. The second kappa shape index (κ2) is 8.13. The summed E-state index contributed by atoms with van der Waals surface area (Å²) in [5.41, 5.74) is 0. The van der Waals surface area contributed by atoms with Gasteiger partial charge in [0.25, 0.3) is 0 Å². The maximum Gasteiger partial charge on any atom is 0.0576 e. The topological polar surface area (TPSA) is 30.5 Å². The number of nitrogens with one attached hydrogen (secondary N) is 1. The Bertz CT molecular complexity index is 211. The normalized spacial score (nSPS) is 27.5. The summed E-state index contributed by atoms with van der Waals surface area (Å²) in [7, 11) is 0. The minimum Gasteiger partial charge on any atom is -0.381 e. The van der Waals surface area contributed by atoms with Gasteiger partial charge in [0, 0.05) is 25.9 Å². The van der Waals surface area contributed by atoms with E-state index in [2.05, 4.69) is 12.2 Å². The Balaban J connectivity index is 1.67. The molecular formula is C15H29NO2. The van der Waals surface area contributed by atoms with Crippen LogP contribution in [0.25, 0.3) is 0 Å². The van der Waals surface area contributed by atoms with Crippen LogP contribution in [-0.2, 0) is 9.47 Å². The fourth-order valence-corrected chi connectivity index (χ4v) is 3.32. The molecular weight excluding hydrogens is 226 g/mol. The summed E-state index contributed by atoms with van der Waals surface area (Å²) < 4.78 is 11.2. The summed E-state index contributed by atoms with van der Waals surface area (Å²) in [6.45, 7) is 6.20. The lowest BCUT2D eigenvalue weighted by Gasteiger charge is -2.31. The van der Waals surface area contributed by atoms with Crippen molar-refractivity contribution in [1.82, 2.24) is 5.32 Å². The highest BCUT2D eigenvalue weighted by Gasteiger charge is 2.23. The molecule has 0 aromatic rings. The van der Waals surface area contributed by atoms with Gasteiger partial charge in [0.2, 0.25) is 0 Å². The molecule has 0 spiro atoms. The second-order valence-electron chi connectivity index (χ2n) is 5.68. The average molecular weight is 255 g/mol. The summed E-state index contributed by atoms with van der Waals surface area (Å²) in [4.78, 5) is 0. The van der Waals surface area contributed by atoms with Gasteiger partial charge in [0.15, 0.2) is 0 Å². The molecule has 2 atom stereocenters. The predicted molar refractivity (Wildman–Crippen MR) is 73.8 cm³/mol. The maximum absolute atomic E-state index is 5.70. The number of ether oxygens (including phenoxy) is 2. The molecule has 0 amide bonds. The highest BCUT2D eigenvalue weighted by Crippen LogP contribution is 2.24. The summed E-state index contributed by atoms with van der Waals surface area (Å²) in [6, 6.07) is 0.695. The van der Waals surface area contributed by atoms with E-state index in [1.54, 1.807) is 0 Å². The standard InChI is InChI=1S/C15H29NO2/c1-2-16-15(13-8-11-17-12-9-13)7-3-5-14-6-4-10-18-14/h13-16H,2-12H2,1H3. The second-order valence-corrected chi connectivity index (χ2v) is 5.68. The first-order valence-electron chi connectivity index (χ1n) is 7.83. The molecule has 2 saturated heterocycles. The third-order valence-electron chi connectivity index (χ3n) is 4.37. The van der Waals surface area contributed by atoms with E-state index >= 15 is 0 Å². The van der Waals surface area contributed by atoms with Crippen LogP contribution < -0.4 is 5.32 Å². The van der Waals surface area contributed by atoms with Crippen LogP contribution in [0.1, 0.15) is 51.9 Å². The van der Waals surface area contributed by atoms with E-state index in [1.807, 2.05) is 0 Å². The zero-order valence-electron chi connectivity index (χ0n) is 11.8. The van der Waals surface area contributed by atoms with Crippen LogP contribution in [0.3, 0.4) is 0 Å². The first-order chi connectivity index (χ1) is 8.90. The molecule has 2 aliphatic rings. The molecule has 0 aromatic heterocycles. The number of hydrogen-bond acceptors (Lipinski definition) is 3. The molecule has 2 aliphatic heterocycles. The van der Waals surface area contributed by atoms with E-state index in [-0.39, 0.29) is 0 Å². The molecule has 0 aliphatic carbocycles. The van der Waals surface area contributed by atoms with Crippen molar-refractivity contribution >= 4 is 0 Å². The monoisotopic (exact) mass is 255 g/mol. The Morgan fingerprint density at radius 1 is 1.17 bits per heavy atom. The maximum atomic E-state index is 5.70. The summed E-state index contributed by atoms with van der Waals surface area (Å²) in [6.07, 6.45) is 9.44. The summed E-state index contributed by atoms with van der Waals surface area (Å²) in [5, 5.41) is 3.68. The van der Waals surface area contributed by atoms with Crippen molar-refractivity contribution in [3.05, 3.63) is 0 Å². The molecule has 2 fully saturated rings. The molecule has 106 valence electrons. The van der Waals surface area contributed by atoms with Crippen LogP contribution in [0.15, 0.2) is 0 Å². The van der Waals surface area contributed by atoms with Crippen molar-refractivity contribution in [2.75, 3.05) is 26.4 Å². The van der Waals surface area contributed by atoms with Gasteiger partial charge in [0.1, 0.15) is 0 Å². The Kier molecular flexibility index (Phi) is 6.46. The van der Waals surface area contributed by atoms with E-state index in [0.717, 1.165) is 32.3 Å². The van der Waals surface area contributed by atoms with Crippen molar-refractivity contribution < 1.29 is 9.47 Å². The lowest BCUT2D eigenvalue weighted by atomic mass is 9.88. The average Bonchev–Trinajstić information content (AvgIpc) is 2.92. The molecule has 2 unspecified atom stereocenters. The lowest BCUT2D eigenvalue weighted by Crippen LogP contribution is -2.39. The molecule has 0 radical (unpaired) electrons. The molecule has 0 saturated carbocycles. The molecule has 2 rings (SSSR count). The molecule has 0 aromatic carbocycles. The third-order valence-corrected chi connectivity index (χ3v) is 4.37. The summed E-state index contributed by atoms with van der Waals surface area (Å²) >= 11 is 0. The molecule has 2 heterocycles.